The van der Waals surface area contributed by atoms with Crippen LogP contribution in [0, 0.1) is 5.92 Å². The summed E-state index contributed by atoms with van der Waals surface area (Å²) in [7, 11) is 0. The Balaban J connectivity index is 1.57. The number of amides is 1. The molecule has 7 nitrogen and oxygen atoms in total. The van der Waals surface area contributed by atoms with Gasteiger partial charge in [0.15, 0.2) is 0 Å². The zero-order valence-corrected chi connectivity index (χ0v) is 18.6. The molecule has 1 aliphatic rings. The molecule has 1 fully saturated rings. The SMILES string of the molecule is CC[C@H]1CCN(c2ncc(C(=O)Nc3ccc(OC(F)(F)Cl)cc3)cc2-c2cncnc2)C1. The lowest BCUT2D eigenvalue weighted by Crippen LogP contribution is -2.22. The number of ether oxygens (including phenoxy) is 1. The van der Waals surface area contributed by atoms with Crippen molar-refractivity contribution in [2.45, 2.75) is 25.3 Å². The number of hydrogen-bond acceptors (Lipinski definition) is 6. The molecule has 1 saturated heterocycles. The number of benzene rings is 1. The quantitative estimate of drug-likeness (QED) is 0.475. The first kappa shape index (κ1) is 22.8. The summed E-state index contributed by atoms with van der Waals surface area (Å²) in [4.78, 5) is 27.9. The van der Waals surface area contributed by atoms with Crippen LogP contribution in [-0.2, 0) is 0 Å². The summed E-state index contributed by atoms with van der Waals surface area (Å²) < 4.78 is 29.8. The summed E-state index contributed by atoms with van der Waals surface area (Å²) in [5.41, 5.74) is -1.52. The van der Waals surface area contributed by atoms with Crippen molar-refractivity contribution in [3.05, 3.63) is 60.8 Å². The minimum absolute atomic E-state index is 0.124. The molecule has 1 amide bonds. The second-order valence-corrected chi connectivity index (χ2v) is 8.20. The lowest BCUT2D eigenvalue weighted by molar-refractivity contribution is -0.0964. The number of carbonyl (C=O) groups is 1. The molecule has 0 bridgehead atoms. The minimum Gasteiger partial charge on any atom is -0.420 e. The summed E-state index contributed by atoms with van der Waals surface area (Å²) in [5.74, 6) is 0.888. The molecular formula is C23H22ClF2N5O2. The van der Waals surface area contributed by atoms with Crippen molar-refractivity contribution in [3.63, 3.8) is 0 Å². The fourth-order valence-electron chi connectivity index (χ4n) is 3.79. The Bertz CT molecular complexity index is 1110. The van der Waals surface area contributed by atoms with Crippen molar-refractivity contribution in [1.29, 1.82) is 0 Å². The second kappa shape index (κ2) is 9.66. The van der Waals surface area contributed by atoms with Gasteiger partial charge in [-0.3, -0.25) is 4.79 Å². The number of carbonyl (C=O) groups excluding carboxylic acids is 1. The summed E-state index contributed by atoms with van der Waals surface area (Å²) in [6.07, 6.45) is 8.56. The summed E-state index contributed by atoms with van der Waals surface area (Å²) in [6, 6.07) is 7.23. The van der Waals surface area contributed by atoms with Gasteiger partial charge in [0.1, 0.15) is 17.9 Å². The van der Waals surface area contributed by atoms with Crippen molar-refractivity contribution in [1.82, 2.24) is 15.0 Å². The first-order valence-electron chi connectivity index (χ1n) is 10.5. The molecule has 2 aromatic heterocycles. The fourth-order valence-corrected chi connectivity index (χ4v) is 3.87. The number of hydrogen-bond donors (Lipinski definition) is 1. The van der Waals surface area contributed by atoms with Crippen LogP contribution in [0.25, 0.3) is 11.1 Å². The maximum atomic E-state index is 12.9. The Morgan fingerprint density at radius 1 is 1.24 bits per heavy atom. The third-order valence-electron chi connectivity index (χ3n) is 5.51. The number of anilines is 2. The molecule has 4 rings (SSSR count). The van der Waals surface area contributed by atoms with Crippen molar-refractivity contribution < 1.29 is 18.3 Å². The largest absolute Gasteiger partial charge is 0.487 e. The van der Waals surface area contributed by atoms with Crippen LogP contribution in [-0.4, -0.2) is 39.5 Å². The maximum absolute atomic E-state index is 12.9. The standard InChI is InChI=1S/C23H22ClF2N5O2/c1-2-15-7-8-31(13-15)21-20(17-10-27-14-28-11-17)9-16(12-29-21)22(32)30-18-3-5-19(6-4-18)33-23(24,25)26/h3-6,9-12,14-15H,2,7-8,13H2,1H3,(H,30,32)/t15-/m0/s1. The van der Waals surface area contributed by atoms with Gasteiger partial charge in [-0.15, -0.1) is 8.78 Å². The van der Waals surface area contributed by atoms with Crippen LogP contribution >= 0.6 is 11.6 Å². The van der Waals surface area contributed by atoms with Gasteiger partial charge in [-0.05, 0) is 42.7 Å². The highest BCUT2D eigenvalue weighted by atomic mass is 35.5. The van der Waals surface area contributed by atoms with E-state index in [-0.39, 0.29) is 5.75 Å². The van der Waals surface area contributed by atoms with Crippen LogP contribution in [0.5, 0.6) is 5.75 Å². The number of nitrogens with zero attached hydrogens (tertiary/aromatic N) is 4. The maximum Gasteiger partial charge on any atom is 0.487 e. The molecule has 1 atom stereocenters. The molecule has 0 aliphatic carbocycles. The molecule has 0 radical (unpaired) electrons. The average Bonchev–Trinajstić information content (AvgIpc) is 3.29. The normalized spacial score (nSPS) is 16.0. The van der Waals surface area contributed by atoms with E-state index in [0.29, 0.717) is 17.2 Å². The number of pyridine rings is 1. The molecule has 0 unspecified atom stereocenters. The third-order valence-corrected chi connectivity index (χ3v) is 5.59. The van der Waals surface area contributed by atoms with Crippen LogP contribution in [0.4, 0.5) is 20.3 Å². The monoisotopic (exact) mass is 473 g/mol. The third kappa shape index (κ3) is 5.73. The van der Waals surface area contributed by atoms with E-state index in [0.717, 1.165) is 42.9 Å². The number of rotatable bonds is 7. The molecule has 3 aromatic rings. The van der Waals surface area contributed by atoms with Crippen LogP contribution in [0.1, 0.15) is 30.1 Å². The zero-order valence-electron chi connectivity index (χ0n) is 17.8. The highest BCUT2D eigenvalue weighted by Crippen LogP contribution is 2.33. The Morgan fingerprint density at radius 3 is 2.61 bits per heavy atom. The Morgan fingerprint density at radius 2 is 1.97 bits per heavy atom. The summed E-state index contributed by atoms with van der Waals surface area (Å²) in [5, 5.41) is 2.73. The molecule has 0 spiro atoms. The van der Waals surface area contributed by atoms with Gasteiger partial charge in [0.2, 0.25) is 0 Å². The van der Waals surface area contributed by atoms with E-state index in [1.54, 1.807) is 18.5 Å². The molecule has 1 aliphatic heterocycles. The van der Waals surface area contributed by atoms with Crippen molar-refractivity contribution in [2.75, 3.05) is 23.3 Å². The van der Waals surface area contributed by atoms with Gasteiger partial charge in [0, 0.05) is 60.1 Å². The molecular weight excluding hydrogens is 452 g/mol. The molecule has 3 heterocycles. The predicted octanol–water partition coefficient (Wildman–Crippen LogP) is 5.20. The topological polar surface area (TPSA) is 80.2 Å². The van der Waals surface area contributed by atoms with Crippen LogP contribution in [0.2, 0.25) is 0 Å². The van der Waals surface area contributed by atoms with Gasteiger partial charge >= 0.3 is 5.57 Å². The fraction of sp³-hybridized carbons (Fsp3) is 0.304. The van der Waals surface area contributed by atoms with Gasteiger partial charge in [-0.2, -0.15) is 0 Å². The van der Waals surface area contributed by atoms with E-state index in [1.807, 2.05) is 0 Å². The Hall–Kier alpha value is -3.33. The Labute approximate surface area is 194 Å². The zero-order chi connectivity index (χ0) is 23.4. The summed E-state index contributed by atoms with van der Waals surface area (Å²) >= 11 is 4.77. The number of nitrogens with one attached hydrogen (secondary N) is 1. The summed E-state index contributed by atoms with van der Waals surface area (Å²) in [6.45, 7) is 3.99. The van der Waals surface area contributed by atoms with Crippen LogP contribution in [0.3, 0.4) is 0 Å². The average molecular weight is 474 g/mol. The lowest BCUT2D eigenvalue weighted by atomic mass is 10.1. The van der Waals surface area contributed by atoms with Gasteiger partial charge in [0.05, 0.1) is 5.56 Å². The highest BCUT2D eigenvalue weighted by Gasteiger charge is 2.28. The predicted molar refractivity (Wildman–Crippen MR) is 122 cm³/mol. The van der Waals surface area contributed by atoms with Crippen LogP contribution in [0.15, 0.2) is 55.2 Å². The lowest BCUT2D eigenvalue weighted by Gasteiger charge is -2.21. The second-order valence-electron chi connectivity index (χ2n) is 7.76. The van der Waals surface area contributed by atoms with Gasteiger partial charge < -0.3 is 15.0 Å². The molecule has 1 aromatic carbocycles. The minimum atomic E-state index is -3.80. The van der Waals surface area contributed by atoms with Crippen LogP contribution < -0.4 is 15.0 Å². The van der Waals surface area contributed by atoms with Crippen molar-refractivity contribution >= 4 is 29.0 Å². The van der Waals surface area contributed by atoms with E-state index < -0.39 is 11.5 Å². The van der Waals surface area contributed by atoms with Gasteiger partial charge in [-0.25, -0.2) is 15.0 Å². The van der Waals surface area contributed by atoms with Gasteiger partial charge in [0.25, 0.3) is 5.91 Å². The van der Waals surface area contributed by atoms with E-state index in [9.17, 15) is 13.6 Å². The number of aromatic nitrogens is 3. The molecule has 0 saturated carbocycles. The van der Waals surface area contributed by atoms with E-state index in [1.165, 1.54) is 36.8 Å². The van der Waals surface area contributed by atoms with Gasteiger partial charge in [-0.1, -0.05) is 13.3 Å². The molecule has 172 valence electrons. The molecule has 33 heavy (non-hydrogen) atoms. The smallest absolute Gasteiger partial charge is 0.420 e. The molecule has 10 heteroatoms. The van der Waals surface area contributed by atoms with E-state index in [2.05, 4.69) is 36.8 Å². The number of halogens is 3. The number of alkyl halides is 3. The highest BCUT2D eigenvalue weighted by molar-refractivity contribution is 6.20. The first-order valence-corrected chi connectivity index (χ1v) is 10.9. The van der Waals surface area contributed by atoms with Crippen molar-refractivity contribution in [2.24, 2.45) is 5.92 Å². The van der Waals surface area contributed by atoms with E-state index >= 15 is 0 Å². The Kier molecular flexibility index (Phi) is 6.69. The van der Waals surface area contributed by atoms with Crippen molar-refractivity contribution in [3.8, 4) is 16.9 Å². The first-order chi connectivity index (χ1) is 15.8. The molecule has 1 N–H and O–H groups in total. The van der Waals surface area contributed by atoms with E-state index in [4.69, 9.17) is 11.6 Å².